The predicted octanol–water partition coefficient (Wildman–Crippen LogP) is 0.559. The number of imidazole rings is 1. The lowest BCUT2D eigenvalue weighted by Crippen LogP contribution is -2.50. The van der Waals surface area contributed by atoms with E-state index >= 15 is 0 Å². The first-order chi connectivity index (χ1) is 9.00. The number of sulfonamides is 1. The third kappa shape index (κ3) is 3.77. The van der Waals surface area contributed by atoms with Gasteiger partial charge in [0.05, 0.1) is 12.8 Å². The first kappa shape index (κ1) is 14.5. The molecule has 0 aliphatic carbocycles. The molecule has 0 bridgehead atoms. The molecule has 2 rings (SSSR count). The molecular formula is C12H22N4O2S. The molecule has 108 valence electrons. The van der Waals surface area contributed by atoms with Gasteiger partial charge in [-0.15, -0.1) is 0 Å². The molecule has 0 spiro atoms. The van der Waals surface area contributed by atoms with Gasteiger partial charge in [-0.2, -0.15) is 0 Å². The molecule has 1 saturated heterocycles. The van der Waals surface area contributed by atoms with Gasteiger partial charge in [-0.25, -0.2) is 17.7 Å². The monoisotopic (exact) mass is 286 g/mol. The van der Waals surface area contributed by atoms with Gasteiger partial charge in [-0.3, -0.25) is 0 Å². The van der Waals surface area contributed by atoms with Crippen LogP contribution in [0.1, 0.15) is 25.6 Å². The fourth-order valence-corrected chi connectivity index (χ4v) is 3.50. The van der Waals surface area contributed by atoms with Crippen LogP contribution < -0.4 is 5.32 Å². The molecule has 0 aromatic carbocycles. The summed E-state index contributed by atoms with van der Waals surface area (Å²) in [5.74, 6) is 1.28. The third-order valence-corrected chi connectivity index (χ3v) is 5.05. The molecule has 1 aliphatic rings. The maximum Gasteiger partial charge on any atom is 0.211 e. The van der Waals surface area contributed by atoms with Crippen LogP contribution in [0.25, 0.3) is 0 Å². The summed E-state index contributed by atoms with van der Waals surface area (Å²) in [5, 5.41) is 3.48. The lowest BCUT2D eigenvalue weighted by Gasteiger charge is -2.37. The van der Waals surface area contributed by atoms with Crippen LogP contribution in [-0.4, -0.2) is 48.1 Å². The van der Waals surface area contributed by atoms with Gasteiger partial charge in [-0.1, -0.05) is 13.3 Å². The van der Waals surface area contributed by atoms with Crippen molar-refractivity contribution in [1.82, 2.24) is 19.6 Å². The van der Waals surface area contributed by atoms with E-state index in [0.29, 0.717) is 31.6 Å². The van der Waals surface area contributed by atoms with Crippen LogP contribution >= 0.6 is 0 Å². The fraction of sp³-hybridized carbons (Fsp3) is 0.750. The average molecular weight is 286 g/mol. The summed E-state index contributed by atoms with van der Waals surface area (Å²) in [6.07, 6.45) is 6.66. The van der Waals surface area contributed by atoms with Crippen LogP contribution in [0, 0.1) is 5.92 Å². The second kappa shape index (κ2) is 6.02. The Bertz CT molecular complexity index is 486. The molecule has 1 aromatic rings. The lowest BCUT2D eigenvalue weighted by atomic mass is 9.91. The van der Waals surface area contributed by atoms with Crippen LogP contribution in [0.15, 0.2) is 12.4 Å². The molecule has 0 radical (unpaired) electrons. The second-order valence-electron chi connectivity index (χ2n) is 5.10. The van der Waals surface area contributed by atoms with Gasteiger partial charge in [-0.05, 0) is 12.3 Å². The zero-order valence-corrected chi connectivity index (χ0v) is 12.3. The molecule has 0 saturated carbocycles. The maximum absolute atomic E-state index is 11.6. The highest BCUT2D eigenvalue weighted by molar-refractivity contribution is 7.88. The molecule has 19 heavy (non-hydrogen) atoms. The van der Waals surface area contributed by atoms with E-state index in [4.69, 9.17) is 0 Å². The summed E-state index contributed by atoms with van der Waals surface area (Å²) in [5.41, 5.74) is 0. The van der Waals surface area contributed by atoms with E-state index in [-0.39, 0.29) is 0 Å². The van der Waals surface area contributed by atoms with E-state index in [9.17, 15) is 8.42 Å². The summed E-state index contributed by atoms with van der Waals surface area (Å²) in [6, 6.07) is 0.355. The molecule has 2 N–H and O–H groups in total. The third-order valence-electron chi connectivity index (χ3n) is 3.78. The minimum Gasteiger partial charge on any atom is -0.348 e. The van der Waals surface area contributed by atoms with Gasteiger partial charge in [0.2, 0.25) is 10.0 Å². The Morgan fingerprint density at radius 3 is 2.95 bits per heavy atom. The number of aromatic amines is 1. The van der Waals surface area contributed by atoms with Crippen molar-refractivity contribution in [2.75, 3.05) is 19.3 Å². The standard InChI is InChI=1S/C12H22N4O2S/c1-3-10-9-16(19(2,17)18)7-4-11(10)15-8-12-13-5-6-14-12/h5-6,10-11,15H,3-4,7-9H2,1-2H3,(H,13,14). The maximum atomic E-state index is 11.6. The van der Waals surface area contributed by atoms with E-state index in [2.05, 4.69) is 22.2 Å². The summed E-state index contributed by atoms with van der Waals surface area (Å²) in [4.78, 5) is 7.24. The van der Waals surface area contributed by atoms with Crippen molar-refractivity contribution in [2.24, 2.45) is 5.92 Å². The highest BCUT2D eigenvalue weighted by Gasteiger charge is 2.31. The number of piperidine rings is 1. The second-order valence-corrected chi connectivity index (χ2v) is 7.08. The molecule has 2 heterocycles. The number of H-pyrrole nitrogens is 1. The molecular weight excluding hydrogens is 264 g/mol. The summed E-state index contributed by atoms with van der Waals surface area (Å²) in [7, 11) is -3.06. The van der Waals surface area contributed by atoms with Crippen LogP contribution in [0.3, 0.4) is 0 Å². The van der Waals surface area contributed by atoms with Gasteiger partial charge in [0.15, 0.2) is 0 Å². The van der Waals surface area contributed by atoms with Crippen LogP contribution in [-0.2, 0) is 16.6 Å². The van der Waals surface area contributed by atoms with Crippen molar-refractivity contribution in [3.63, 3.8) is 0 Å². The van der Waals surface area contributed by atoms with Gasteiger partial charge < -0.3 is 10.3 Å². The average Bonchev–Trinajstić information content (AvgIpc) is 2.88. The molecule has 2 atom stereocenters. The molecule has 1 aromatic heterocycles. The number of nitrogens with zero attached hydrogens (tertiary/aromatic N) is 2. The number of hydrogen-bond acceptors (Lipinski definition) is 4. The van der Waals surface area contributed by atoms with Crippen molar-refractivity contribution in [1.29, 1.82) is 0 Å². The van der Waals surface area contributed by atoms with Crippen molar-refractivity contribution in [2.45, 2.75) is 32.4 Å². The molecule has 1 aliphatic heterocycles. The molecule has 0 amide bonds. The first-order valence-corrected chi connectivity index (χ1v) is 8.52. The van der Waals surface area contributed by atoms with Gasteiger partial charge >= 0.3 is 0 Å². The van der Waals surface area contributed by atoms with E-state index < -0.39 is 10.0 Å². The predicted molar refractivity (Wildman–Crippen MR) is 74.0 cm³/mol. The first-order valence-electron chi connectivity index (χ1n) is 6.67. The van der Waals surface area contributed by atoms with Crippen molar-refractivity contribution in [3.8, 4) is 0 Å². The van der Waals surface area contributed by atoms with Gasteiger partial charge in [0.1, 0.15) is 5.82 Å². The Morgan fingerprint density at radius 2 is 2.37 bits per heavy atom. The molecule has 6 nitrogen and oxygen atoms in total. The van der Waals surface area contributed by atoms with Gasteiger partial charge in [0, 0.05) is 31.5 Å². The SMILES string of the molecule is CCC1CN(S(C)(=O)=O)CCC1NCc1ncc[nH]1. The quantitative estimate of drug-likeness (QED) is 0.829. The zero-order valence-electron chi connectivity index (χ0n) is 11.5. The van der Waals surface area contributed by atoms with E-state index in [1.807, 2.05) is 0 Å². The van der Waals surface area contributed by atoms with Crippen LogP contribution in [0.5, 0.6) is 0 Å². The number of nitrogens with one attached hydrogen (secondary N) is 2. The Hall–Kier alpha value is -0.920. The molecule has 7 heteroatoms. The lowest BCUT2D eigenvalue weighted by molar-refractivity contribution is 0.201. The van der Waals surface area contributed by atoms with E-state index in [0.717, 1.165) is 18.7 Å². The summed E-state index contributed by atoms with van der Waals surface area (Å²) in [6.45, 7) is 4.03. The highest BCUT2D eigenvalue weighted by Crippen LogP contribution is 2.22. The van der Waals surface area contributed by atoms with Crippen molar-refractivity contribution >= 4 is 10.0 Å². The number of aromatic nitrogens is 2. The number of hydrogen-bond donors (Lipinski definition) is 2. The topological polar surface area (TPSA) is 78.1 Å². The normalized spacial score (nSPS) is 25.6. The van der Waals surface area contributed by atoms with E-state index in [1.165, 1.54) is 6.26 Å². The molecule has 2 unspecified atom stereocenters. The molecule has 1 fully saturated rings. The smallest absolute Gasteiger partial charge is 0.211 e. The largest absolute Gasteiger partial charge is 0.348 e. The fourth-order valence-electron chi connectivity index (χ4n) is 2.60. The Kier molecular flexibility index (Phi) is 4.59. The Balaban J connectivity index is 1.92. The summed E-state index contributed by atoms with van der Waals surface area (Å²) >= 11 is 0. The van der Waals surface area contributed by atoms with Crippen molar-refractivity contribution < 1.29 is 8.42 Å². The van der Waals surface area contributed by atoms with Crippen molar-refractivity contribution in [3.05, 3.63) is 18.2 Å². The zero-order chi connectivity index (χ0) is 13.9. The van der Waals surface area contributed by atoms with Gasteiger partial charge in [0.25, 0.3) is 0 Å². The number of rotatable bonds is 5. The minimum atomic E-state index is -3.06. The highest BCUT2D eigenvalue weighted by atomic mass is 32.2. The Labute approximate surface area is 114 Å². The minimum absolute atomic E-state index is 0.355. The Morgan fingerprint density at radius 1 is 1.58 bits per heavy atom. The van der Waals surface area contributed by atoms with Crippen LogP contribution in [0.4, 0.5) is 0 Å². The van der Waals surface area contributed by atoms with Crippen LogP contribution in [0.2, 0.25) is 0 Å². The summed E-state index contributed by atoms with van der Waals surface area (Å²) < 4.78 is 24.8. The van der Waals surface area contributed by atoms with E-state index in [1.54, 1.807) is 16.7 Å².